The van der Waals surface area contributed by atoms with Gasteiger partial charge in [0.1, 0.15) is 23.9 Å². The number of rotatable bonds is 7. The van der Waals surface area contributed by atoms with E-state index in [4.69, 9.17) is 14.2 Å². The first-order chi connectivity index (χ1) is 13.2. The average molecular weight is 367 g/mol. The van der Waals surface area contributed by atoms with Gasteiger partial charge in [-0.05, 0) is 49.2 Å². The second-order valence-corrected chi connectivity index (χ2v) is 6.39. The lowest BCUT2D eigenvalue weighted by molar-refractivity contribution is 0.0734. The number of likely N-dealkylation sites (tertiary alicyclic amines) is 1. The highest BCUT2D eigenvalue weighted by molar-refractivity contribution is 5.94. The fourth-order valence-electron chi connectivity index (χ4n) is 3.44. The summed E-state index contributed by atoms with van der Waals surface area (Å²) in [5.41, 5.74) is 1.66. The Morgan fingerprint density at radius 3 is 2.56 bits per heavy atom. The fourth-order valence-corrected chi connectivity index (χ4v) is 3.44. The first-order valence-corrected chi connectivity index (χ1v) is 9.04. The quantitative estimate of drug-likeness (QED) is 0.687. The van der Waals surface area contributed by atoms with Crippen LogP contribution in [-0.4, -0.2) is 38.2 Å². The van der Waals surface area contributed by atoms with Crippen molar-refractivity contribution in [1.29, 1.82) is 0 Å². The van der Waals surface area contributed by atoms with Gasteiger partial charge in [-0.2, -0.15) is 0 Å². The summed E-state index contributed by atoms with van der Waals surface area (Å²) >= 11 is 0. The molecule has 1 amide bonds. The van der Waals surface area contributed by atoms with Crippen molar-refractivity contribution >= 4 is 5.91 Å². The van der Waals surface area contributed by atoms with Crippen molar-refractivity contribution in [2.24, 2.45) is 0 Å². The maximum Gasteiger partial charge on any atom is 0.254 e. The van der Waals surface area contributed by atoms with Gasteiger partial charge in [0.2, 0.25) is 0 Å². The van der Waals surface area contributed by atoms with Crippen LogP contribution in [-0.2, 0) is 0 Å². The highest BCUT2D eigenvalue weighted by Gasteiger charge is 2.32. The van der Waals surface area contributed by atoms with Crippen LogP contribution in [0.5, 0.6) is 17.2 Å². The molecule has 2 aromatic carbocycles. The Kier molecular flexibility index (Phi) is 6.01. The van der Waals surface area contributed by atoms with Crippen LogP contribution in [0.1, 0.15) is 34.8 Å². The lowest BCUT2D eigenvalue weighted by Gasteiger charge is -2.26. The molecule has 0 spiro atoms. The molecule has 0 radical (unpaired) electrons. The van der Waals surface area contributed by atoms with E-state index in [1.807, 2.05) is 35.2 Å². The van der Waals surface area contributed by atoms with Crippen LogP contribution in [0.4, 0.5) is 0 Å². The third-order valence-corrected chi connectivity index (χ3v) is 4.78. The van der Waals surface area contributed by atoms with Gasteiger partial charge in [-0.1, -0.05) is 12.7 Å². The second kappa shape index (κ2) is 8.62. The van der Waals surface area contributed by atoms with E-state index in [1.54, 1.807) is 32.4 Å². The zero-order valence-corrected chi connectivity index (χ0v) is 15.8. The van der Waals surface area contributed by atoms with Gasteiger partial charge in [0, 0.05) is 23.7 Å². The van der Waals surface area contributed by atoms with E-state index in [0.717, 1.165) is 42.2 Å². The molecule has 1 unspecified atom stereocenters. The molecule has 1 aliphatic rings. The van der Waals surface area contributed by atoms with E-state index in [-0.39, 0.29) is 11.9 Å². The lowest BCUT2D eigenvalue weighted by atomic mass is 10.0. The smallest absolute Gasteiger partial charge is 0.254 e. The van der Waals surface area contributed by atoms with Crippen molar-refractivity contribution in [1.82, 2.24) is 4.90 Å². The number of nitrogens with zero attached hydrogens (tertiary/aromatic N) is 1. The predicted molar refractivity (Wildman–Crippen MR) is 105 cm³/mol. The van der Waals surface area contributed by atoms with Crippen molar-refractivity contribution in [3.05, 3.63) is 66.2 Å². The van der Waals surface area contributed by atoms with Gasteiger partial charge in [0.15, 0.2) is 0 Å². The molecular formula is C22H25NO4. The minimum Gasteiger partial charge on any atom is -0.497 e. The van der Waals surface area contributed by atoms with Gasteiger partial charge in [-0.3, -0.25) is 4.79 Å². The van der Waals surface area contributed by atoms with Crippen LogP contribution in [0.3, 0.4) is 0 Å². The number of benzene rings is 2. The zero-order valence-electron chi connectivity index (χ0n) is 15.8. The highest BCUT2D eigenvalue weighted by Crippen LogP contribution is 2.39. The highest BCUT2D eigenvalue weighted by atomic mass is 16.5. The van der Waals surface area contributed by atoms with Crippen molar-refractivity contribution in [3.63, 3.8) is 0 Å². The summed E-state index contributed by atoms with van der Waals surface area (Å²) in [5, 5.41) is 0. The number of hydrogen-bond acceptors (Lipinski definition) is 4. The Bertz CT molecular complexity index is 800. The molecule has 1 fully saturated rings. The summed E-state index contributed by atoms with van der Waals surface area (Å²) in [4.78, 5) is 15.0. The molecule has 0 N–H and O–H groups in total. The zero-order chi connectivity index (χ0) is 19.2. The van der Waals surface area contributed by atoms with Crippen molar-refractivity contribution in [2.75, 3.05) is 27.4 Å². The molecule has 142 valence electrons. The summed E-state index contributed by atoms with van der Waals surface area (Å²) in [5.74, 6) is 2.22. The van der Waals surface area contributed by atoms with Crippen LogP contribution in [0.25, 0.3) is 0 Å². The summed E-state index contributed by atoms with van der Waals surface area (Å²) in [6.45, 7) is 4.80. The monoisotopic (exact) mass is 367 g/mol. The van der Waals surface area contributed by atoms with E-state index in [2.05, 4.69) is 6.58 Å². The molecule has 0 aromatic heterocycles. The number of hydrogen-bond donors (Lipinski definition) is 0. The van der Waals surface area contributed by atoms with Crippen LogP contribution >= 0.6 is 0 Å². The Morgan fingerprint density at radius 2 is 1.89 bits per heavy atom. The Balaban J connectivity index is 1.81. The van der Waals surface area contributed by atoms with E-state index < -0.39 is 0 Å². The van der Waals surface area contributed by atoms with E-state index in [1.165, 1.54) is 0 Å². The second-order valence-electron chi connectivity index (χ2n) is 6.39. The standard InChI is InChI=1S/C22H25NO4/c1-4-14-27-17-9-7-16(8-10-17)22(24)23-13-5-6-20(23)19-12-11-18(25-2)15-21(19)26-3/h4,7-12,15,20H,1,5-6,13-14H2,2-3H3. The molecular weight excluding hydrogens is 342 g/mol. The van der Waals surface area contributed by atoms with Gasteiger partial charge in [0.05, 0.1) is 20.3 Å². The number of amides is 1. The molecule has 1 heterocycles. The lowest BCUT2D eigenvalue weighted by Crippen LogP contribution is -2.30. The molecule has 0 aliphatic carbocycles. The molecule has 1 atom stereocenters. The van der Waals surface area contributed by atoms with Crippen LogP contribution < -0.4 is 14.2 Å². The van der Waals surface area contributed by atoms with Gasteiger partial charge >= 0.3 is 0 Å². The molecule has 5 heteroatoms. The number of carbonyl (C=O) groups excluding carboxylic acids is 1. The largest absolute Gasteiger partial charge is 0.497 e. The summed E-state index contributed by atoms with van der Waals surface area (Å²) in [6.07, 6.45) is 3.57. The SMILES string of the molecule is C=CCOc1ccc(C(=O)N2CCCC2c2ccc(OC)cc2OC)cc1. The molecule has 5 nitrogen and oxygen atoms in total. The minimum atomic E-state index is -0.00458. The van der Waals surface area contributed by atoms with Crippen LogP contribution in [0.2, 0.25) is 0 Å². The van der Waals surface area contributed by atoms with E-state index >= 15 is 0 Å². The number of carbonyl (C=O) groups is 1. The van der Waals surface area contributed by atoms with Crippen LogP contribution in [0.15, 0.2) is 55.1 Å². The van der Waals surface area contributed by atoms with E-state index in [9.17, 15) is 4.79 Å². The molecule has 1 saturated heterocycles. The number of methoxy groups -OCH3 is 2. The first kappa shape index (κ1) is 18.8. The van der Waals surface area contributed by atoms with Gasteiger partial charge < -0.3 is 19.1 Å². The van der Waals surface area contributed by atoms with Crippen molar-refractivity contribution in [3.8, 4) is 17.2 Å². The van der Waals surface area contributed by atoms with Crippen LogP contribution in [0, 0.1) is 0 Å². The third-order valence-electron chi connectivity index (χ3n) is 4.78. The normalized spacial score (nSPS) is 16.1. The van der Waals surface area contributed by atoms with Crippen molar-refractivity contribution < 1.29 is 19.0 Å². The third kappa shape index (κ3) is 4.08. The Labute approximate surface area is 160 Å². The Morgan fingerprint density at radius 1 is 1.15 bits per heavy atom. The fraction of sp³-hybridized carbons (Fsp3) is 0.318. The maximum atomic E-state index is 13.1. The first-order valence-electron chi connectivity index (χ1n) is 9.04. The molecule has 0 bridgehead atoms. The summed E-state index contributed by atoms with van der Waals surface area (Å²) < 4.78 is 16.3. The Hall–Kier alpha value is -2.95. The molecule has 0 saturated carbocycles. The van der Waals surface area contributed by atoms with Gasteiger partial charge in [-0.25, -0.2) is 0 Å². The molecule has 27 heavy (non-hydrogen) atoms. The number of ether oxygens (including phenoxy) is 3. The summed E-state index contributed by atoms with van der Waals surface area (Å²) in [7, 11) is 3.27. The average Bonchev–Trinajstić information content (AvgIpc) is 3.21. The van der Waals surface area contributed by atoms with Gasteiger partial charge in [-0.15, -0.1) is 0 Å². The predicted octanol–water partition coefficient (Wildman–Crippen LogP) is 4.25. The van der Waals surface area contributed by atoms with Gasteiger partial charge in [0.25, 0.3) is 5.91 Å². The molecule has 1 aliphatic heterocycles. The minimum absolute atomic E-state index is 0.00458. The maximum absolute atomic E-state index is 13.1. The van der Waals surface area contributed by atoms with Crippen molar-refractivity contribution in [2.45, 2.75) is 18.9 Å². The molecule has 2 aromatic rings. The molecule has 3 rings (SSSR count). The topological polar surface area (TPSA) is 48.0 Å². The van der Waals surface area contributed by atoms with E-state index in [0.29, 0.717) is 12.2 Å². The summed E-state index contributed by atoms with van der Waals surface area (Å²) in [6, 6.07) is 13.0.